The summed E-state index contributed by atoms with van der Waals surface area (Å²) in [7, 11) is -7.43. The van der Waals surface area contributed by atoms with Crippen molar-refractivity contribution in [1.82, 2.24) is 8.61 Å². The molecule has 0 aliphatic carbocycles. The molecule has 1 amide bonds. The second-order valence-corrected chi connectivity index (χ2v) is 11.6. The standard InChI is InChI=1S/C22H29N3O5S2/c1-3-4-5-19-6-10-21(11-7-19)31(27,28)24-14-16-25(17-15-24)32(29,30)22-12-8-20(9-13-22)23-18(2)26/h6-13H,3-5,14-17H2,1-2H3,(H,23,26). The van der Waals surface area contributed by atoms with Crippen molar-refractivity contribution in [1.29, 1.82) is 0 Å². The third-order valence-corrected chi connectivity index (χ3v) is 9.22. The number of sulfonamides is 2. The predicted molar refractivity (Wildman–Crippen MR) is 123 cm³/mol. The number of carbonyl (C=O) groups is 1. The van der Waals surface area contributed by atoms with E-state index in [0.717, 1.165) is 24.8 Å². The Morgan fingerprint density at radius 1 is 0.812 bits per heavy atom. The zero-order chi connectivity index (χ0) is 23.4. The Kier molecular flexibility index (Phi) is 7.71. The van der Waals surface area contributed by atoms with Crippen LogP contribution in [-0.2, 0) is 31.3 Å². The van der Waals surface area contributed by atoms with Gasteiger partial charge in [0, 0.05) is 38.8 Å². The number of hydrogen-bond donors (Lipinski definition) is 1. The number of nitrogens with zero attached hydrogens (tertiary/aromatic N) is 2. The molecule has 0 aromatic heterocycles. The molecule has 8 nitrogen and oxygen atoms in total. The summed E-state index contributed by atoms with van der Waals surface area (Å²) >= 11 is 0. The zero-order valence-electron chi connectivity index (χ0n) is 18.3. The van der Waals surface area contributed by atoms with E-state index in [2.05, 4.69) is 12.2 Å². The smallest absolute Gasteiger partial charge is 0.243 e. The number of piperazine rings is 1. The Morgan fingerprint density at radius 2 is 1.25 bits per heavy atom. The molecule has 1 fully saturated rings. The van der Waals surface area contributed by atoms with Crippen molar-refractivity contribution in [2.24, 2.45) is 0 Å². The van der Waals surface area contributed by atoms with E-state index in [9.17, 15) is 21.6 Å². The largest absolute Gasteiger partial charge is 0.326 e. The molecule has 3 rings (SSSR count). The highest BCUT2D eigenvalue weighted by Gasteiger charge is 2.33. The SMILES string of the molecule is CCCCc1ccc(S(=O)(=O)N2CCN(S(=O)(=O)c3ccc(NC(C)=O)cc3)CC2)cc1. The van der Waals surface area contributed by atoms with Crippen molar-refractivity contribution in [3.8, 4) is 0 Å². The molecule has 0 bridgehead atoms. The van der Waals surface area contributed by atoms with E-state index in [4.69, 9.17) is 0 Å². The maximum absolute atomic E-state index is 13.0. The molecule has 0 atom stereocenters. The van der Waals surface area contributed by atoms with Crippen LogP contribution in [0.3, 0.4) is 0 Å². The lowest BCUT2D eigenvalue weighted by atomic mass is 10.1. The number of nitrogens with one attached hydrogen (secondary N) is 1. The number of rotatable bonds is 8. The highest BCUT2D eigenvalue weighted by molar-refractivity contribution is 7.89. The van der Waals surface area contributed by atoms with Gasteiger partial charge in [0.15, 0.2) is 0 Å². The minimum atomic E-state index is -3.76. The number of unbranched alkanes of at least 4 members (excludes halogenated alkanes) is 1. The van der Waals surface area contributed by atoms with E-state index in [1.54, 1.807) is 12.1 Å². The first-order valence-corrected chi connectivity index (χ1v) is 13.5. The monoisotopic (exact) mass is 479 g/mol. The highest BCUT2D eigenvalue weighted by atomic mass is 32.2. The maximum Gasteiger partial charge on any atom is 0.243 e. The topological polar surface area (TPSA) is 104 Å². The summed E-state index contributed by atoms with van der Waals surface area (Å²) in [5.41, 5.74) is 1.61. The van der Waals surface area contributed by atoms with Crippen LogP contribution in [0.5, 0.6) is 0 Å². The van der Waals surface area contributed by atoms with Gasteiger partial charge in [0.1, 0.15) is 0 Å². The normalized spacial score (nSPS) is 16.1. The Labute approximate surface area is 190 Å². The molecule has 2 aromatic carbocycles. The Hall–Kier alpha value is -2.27. The fraction of sp³-hybridized carbons (Fsp3) is 0.409. The van der Waals surface area contributed by atoms with Gasteiger partial charge < -0.3 is 5.32 Å². The molecule has 0 radical (unpaired) electrons. The van der Waals surface area contributed by atoms with E-state index >= 15 is 0 Å². The Balaban J connectivity index is 1.66. The van der Waals surface area contributed by atoms with Crippen LogP contribution < -0.4 is 5.32 Å². The van der Waals surface area contributed by atoms with Crippen LogP contribution in [0.25, 0.3) is 0 Å². The van der Waals surface area contributed by atoms with Gasteiger partial charge in [0.2, 0.25) is 26.0 Å². The maximum atomic E-state index is 13.0. The molecular weight excluding hydrogens is 450 g/mol. The average molecular weight is 480 g/mol. The number of anilines is 1. The number of carbonyl (C=O) groups excluding carboxylic acids is 1. The second kappa shape index (κ2) is 10.1. The molecule has 174 valence electrons. The molecule has 1 aliphatic rings. The first-order chi connectivity index (χ1) is 15.1. The van der Waals surface area contributed by atoms with Crippen LogP contribution >= 0.6 is 0 Å². The van der Waals surface area contributed by atoms with Crippen molar-refractivity contribution >= 4 is 31.6 Å². The molecule has 0 saturated carbocycles. The number of aryl methyl sites for hydroxylation is 1. The Bertz CT molecular complexity index is 1140. The number of hydrogen-bond acceptors (Lipinski definition) is 5. The molecule has 0 unspecified atom stereocenters. The summed E-state index contributed by atoms with van der Waals surface area (Å²) in [6.07, 6.45) is 3.05. The lowest BCUT2D eigenvalue weighted by Gasteiger charge is -2.33. The van der Waals surface area contributed by atoms with E-state index in [0.29, 0.717) is 5.69 Å². The van der Waals surface area contributed by atoms with Crippen molar-refractivity contribution in [3.63, 3.8) is 0 Å². The van der Waals surface area contributed by atoms with Crippen LogP contribution in [0, 0.1) is 0 Å². The van der Waals surface area contributed by atoms with Crippen molar-refractivity contribution < 1.29 is 21.6 Å². The third-order valence-electron chi connectivity index (χ3n) is 5.39. The van der Waals surface area contributed by atoms with Gasteiger partial charge in [0.05, 0.1) is 9.79 Å². The van der Waals surface area contributed by atoms with E-state index < -0.39 is 20.0 Å². The van der Waals surface area contributed by atoms with Gasteiger partial charge in [-0.2, -0.15) is 8.61 Å². The quantitative estimate of drug-likeness (QED) is 0.627. The van der Waals surface area contributed by atoms with Crippen LogP contribution in [0.15, 0.2) is 58.3 Å². The van der Waals surface area contributed by atoms with Crippen LogP contribution in [-0.4, -0.2) is 57.5 Å². The van der Waals surface area contributed by atoms with Gasteiger partial charge in [-0.25, -0.2) is 16.8 Å². The van der Waals surface area contributed by atoms with Gasteiger partial charge in [-0.3, -0.25) is 4.79 Å². The molecular formula is C22H29N3O5S2. The van der Waals surface area contributed by atoms with Crippen molar-refractivity contribution in [3.05, 3.63) is 54.1 Å². The number of benzene rings is 2. The second-order valence-electron chi connectivity index (χ2n) is 7.76. The molecule has 1 aliphatic heterocycles. The first kappa shape index (κ1) is 24.4. The van der Waals surface area contributed by atoms with Crippen LogP contribution in [0.1, 0.15) is 32.3 Å². The predicted octanol–water partition coefficient (Wildman–Crippen LogP) is 2.68. The van der Waals surface area contributed by atoms with Gasteiger partial charge in [-0.05, 0) is 54.8 Å². The van der Waals surface area contributed by atoms with Gasteiger partial charge in [0.25, 0.3) is 0 Å². The van der Waals surface area contributed by atoms with Gasteiger partial charge in [-0.1, -0.05) is 25.5 Å². The third kappa shape index (κ3) is 5.55. The van der Waals surface area contributed by atoms with Crippen molar-refractivity contribution in [2.75, 3.05) is 31.5 Å². The molecule has 10 heteroatoms. The summed E-state index contributed by atoms with van der Waals surface area (Å²) in [5.74, 6) is -0.242. The summed E-state index contributed by atoms with van der Waals surface area (Å²) in [4.78, 5) is 11.5. The molecule has 2 aromatic rings. The van der Waals surface area contributed by atoms with E-state index in [1.807, 2.05) is 12.1 Å². The lowest BCUT2D eigenvalue weighted by Crippen LogP contribution is -2.50. The molecule has 0 spiro atoms. The van der Waals surface area contributed by atoms with Crippen LogP contribution in [0.4, 0.5) is 5.69 Å². The fourth-order valence-electron chi connectivity index (χ4n) is 3.57. The lowest BCUT2D eigenvalue weighted by molar-refractivity contribution is -0.114. The van der Waals surface area contributed by atoms with Crippen molar-refractivity contribution in [2.45, 2.75) is 42.9 Å². The van der Waals surface area contributed by atoms with Crippen LogP contribution in [0.2, 0.25) is 0 Å². The summed E-state index contributed by atoms with van der Waals surface area (Å²) < 4.78 is 54.5. The minimum absolute atomic E-state index is 0.0730. The van der Waals surface area contributed by atoms with Gasteiger partial charge in [-0.15, -0.1) is 0 Å². The minimum Gasteiger partial charge on any atom is -0.326 e. The zero-order valence-corrected chi connectivity index (χ0v) is 20.0. The average Bonchev–Trinajstić information content (AvgIpc) is 2.78. The molecule has 1 saturated heterocycles. The molecule has 1 N–H and O–H groups in total. The van der Waals surface area contributed by atoms with E-state index in [1.165, 1.54) is 39.8 Å². The summed E-state index contributed by atoms with van der Waals surface area (Å²) in [6, 6.07) is 12.9. The van der Waals surface area contributed by atoms with E-state index in [-0.39, 0.29) is 41.9 Å². The van der Waals surface area contributed by atoms with Gasteiger partial charge >= 0.3 is 0 Å². The fourth-order valence-corrected chi connectivity index (χ4v) is 6.42. The summed E-state index contributed by atoms with van der Waals surface area (Å²) in [6.45, 7) is 3.80. The molecule has 32 heavy (non-hydrogen) atoms. The molecule has 1 heterocycles. The highest BCUT2D eigenvalue weighted by Crippen LogP contribution is 2.23. The summed E-state index contributed by atoms with van der Waals surface area (Å²) in [5, 5.41) is 2.59. The first-order valence-electron chi connectivity index (χ1n) is 10.6. The number of amides is 1. The Morgan fingerprint density at radius 3 is 1.66 bits per heavy atom.